The summed E-state index contributed by atoms with van der Waals surface area (Å²) in [5, 5.41) is 3.68. The number of aryl methyl sites for hydroxylation is 3. The lowest BCUT2D eigenvalue weighted by Gasteiger charge is -2.30. The summed E-state index contributed by atoms with van der Waals surface area (Å²) < 4.78 is 6.50. The maximum absolute atomic E-state index is 6.50. The van der Waals surface area contributed by atoms with Gasteiger partial charge in [-0.2, -0.15) is 0 Å². The third kappa shape index (κ3) is 8.95. The predicted octanol–water partition coefficient (Wildman–Crippen LogP) is 10.2. The molecule has 0 amide bonds. The summed E-state index contributed by atoms with van der Waals surface area (Å²) in [6, 6.07) is 49.9. The smallest absolute Gasteiger partial charge is 0.135 e. The van der Waals surface area contributed by atoms with E-state index < -0.39 is 6.89 Å². The zero-order valence-electron chi connectivity index (χ0n) is 25.4. The summed E-state index contributed by atoms with van der Waals surface area (Å²) in [7, 11) is 0. The van der Waals surface area contributed by atoms with E-state index in [1.165, 1.54) is 27.1 Å². The number of allylic oxidation sites excluding steroid dienone is 5. The van der Waals surface area contributed by atoms with Crippen LogP contribution in [0.5, 0.6) is 5.75 Å². The summed E-state index contributed by atoms with van der Waals surface area (Å²) in [5.74, 6) is 1.76. The van der Waals surface area contributed by atoms with Crippen molar-refractivity contribution < 1.29 is 4.74 Å². The Morgan fingerprint density at radius 3 is 1.44 bits per heavy atom. The van der Waals surface area contributed by atoms with Crippen molar-refractivity contribution >= 4 is 23.8 Å². The van der Waals surface area contributed by atoms with E-state index in [1.807, 2.05) is 54.6 Å². The van der Waals surface area contributed by atoms with Crippen molar-refractivity contribution in [3.63, 3.8) is 0 Å². The van der Waals surface area contributed by atoms with Crippen LogP contribution in [0.25, 0.3) is 0 Å². The van der Waals surface area contributed by atoms with Gasteiger partial charge in [0.25, 0.3) is 0 Å². The first kappa shape index (κ1) is 31.4. The van der Waals surface area contributed by atoms with E-state index in [-0.39, 0.29) is 0 Å². The van der Waals surface area contributed by atoms with Gasteiger partial charge in [0.1, 0.15) is 11.5 Å². The van der Waals surface area contributed by atoms with E-state index in [0.29, 0.717) is 0 Å². The quantitative estimate of drug-likeness (QED) is 0.188. The zero-order chi connectivity index (χ0) is 30.3. The SMILES string of the molecule is C=P(C1=CCC=CC=C1Oc1ccccc1C)(c1ccccc1)c1ccccc1.Cc1ccccc1.Cc1ccccc1. The molecule has 43 heavy (non-hydrogen) atoms. The Kier molecular flexibility index (Phi) is 11.8. The van der Waals surface area contributed by atoms with Crippen molar-refractivity contribution in [1.29, 1.82) is 0 Å². The van der Waals surface area contributed by atoms with Gasteiger partial charge in [-0.15, -0.1) is 0 Å². The molecule has 0 saturated heterocycles. The van der Waals surface area contributed by atoms with Crippen LogP contribution in [0, 0.1) is 20.8 Å². The number of hydrogen-bond acceptors (Lipinski definition) is 1. The molecule has 0 saturated carbocycles. The van der Waals surface area contributed by atoms with Crippen LogP contribution in [0.15, 0.2) is 181 Å². The number of rotatable bonds is 5. The number of ether oxygens (including phenoxy) is 1. The van der Waals surface area contributed by atoms with Crippen molar-refractivity contribution in [2.24, 2.45) is 0 Å². The van der Waals surface area contributed by atoms with Gasteiger partial charge in [0, 0.05) is 5.31 Å². The maximum atomic E-state index is 6.50. The van der Waals surface area contributed by atoms with Gasteiger partial charge in [-0.05, 0) is 62.4 Å². The molecule has 1 aliphatic rings. The van der Waals surface area contributed by atoms with Crippen LogP contribution in [-0.4, -0.2) is 6.30 Å². The van der Waals surface area contributed by atoms with Crippen LogP contribution >= 0.6 is 6.89 Å². The minimum absolute atomic E-state index is 0.864. The molecule has 0 spiro atoms. The summed E-state index contributed by atoms with van der Waals surface area (Å²) in [6.45, 7) is 4.14. The zero-order valence-corrected chi connectivity index (χ0v) is 26.3. The molecule has 6 rings (SSSR count). The molecule has 0 N–H and O–H groups in total. The van der Waals surface area contributed by atoms with Gasteiger partial charge in [-0.3, -0.25) is 0 Å². The predicted molar refractivity (Wildman–Crippen MR) is 190 cm³/mol. The molecule has 1 aliphatic carbocycles. The summed E-state index contributed by atoms with van der Waals surface area (Å²) >= 11 is 0. The second-order valence-electron chi connectivity index (χ2n) is 10.4. The molecule has 0 bridgehead atoms. The van der Waals surface area contributed by atoms with Gasteiger partial charge in [0.15, 0.2) is 0 Å². The van der Waals surface area contributed by atoms with Gasteiger partial charge in [0.2, 0.25) is 0 Å². The topological polar surface area (TPSA) is 9.23 Å². The molecule has 216 valence electrons. The third-order valence-electron chi connectivity index (χ3n) is 7.08. The normalized spacial score (nSPS) is 12.3. The fraction of sp³-hybridized carbons (Fsp3) is 0.0976. The van der Waals surface area contributed by atoms with E-state index in [2.05, 4.69) is 136 Å². The molecule has 0 fully saturated rings. The number of hydrogen-bond donors (Lipinski definition) is 0. The van der Waals surface area contributed by atoms with E-state index in [9.17, 15) is 0 Å². The lowest BCUT2D eigenvalue weighted by Crippen LogP contribution is -2.20. The Morgan fingerprint density at radius 1 is 0.558 bits per heavy atom. The molecule has 1 nitrogen and oxygen atoms in total. The minimum atomic E-state index is -2.11. The van der Waals surface area contributed by atoms with E-state index in [4.69, 9.17) is 11.0 Å². The van der Waals surface area contributed by atoms with Gasteiger partial charge < -0.3 is 4.74 Å². The van der Waals surface area contributed by atoms with Crippen molar-refractivity contribution in [2.45, 2.75) is 27.2 Å². The second-order valence-corrected chi connectivity index (χ2v) is 13.6. The molecule has 0 atom stereocenters. The lowest BCUT2D eigenvalue weighted by molar-refractivity contribution is 0.438. The fourth-order valence-electron chi connectivity index (χ4n) is 4.68. The molecular formula is C41H41OP. The number of benzene rings is 5. The highest BCUT2D eigenvalue weighted by Crippen LogP contribution is 2.55. The molecule has 0 unspecified atom stereocenters. The molecular weight excluding hydrogens is 539 g/mol. The fourth-order valence-corrected chi connectivity index (χ4v) is 7.81. The van der Waals surface area contributed by atoms with Gasteiger partial charge >= 0.3 is 0 Å². The van der Waals surface area contributed by atoms with Crippen LogP contribution < -0.4 is 15.3 Å². The first-order valence-electron chi connectivity index (χ1n) is 14.7. The number of para-hydroxylation sites is 1. The summed E-state index contributed by atoms with van der Waals surface area (Å²) in [5.41, 5.74) is 3.76. The molecule has 5 aromatic rings. The van der Waals surface area contributed by atoms with Crippen LogP contribution in [0.1, 0.15) is 23.1 Å². The van der Waals surface area contributed by atoms with Crippen molar-refractivity contribution in [3.8, 4) is 5.75 Å². The summed E-state index contributed by atoms with van der Waals surface area (Å²) in [6.07, 6.45) is 14.4. The van der Waals surface area contributed by atoms with Crippen LogP contribution in [-0.2, 0) is 0 Å². The minimum Gasteiger partial charge on any atom is -0.456 e. The molecule has 0 aliphatic heterocycles. The monoisotopic (exact) mass is 580 g/mol. The van der Waals surface area contributed by atoms with E-state index in [0.717, 1.165) is 23.5 Å². The molecule has 0 aromatic heterocycles. The molecule has 2 heteroatoms. The average molecular weight is 581 g/mol. The Labute approximate surface area is 258 Å². The Morgan fingerprint density at radius 2 is 1.00 bits per heavy atom. The first-order chi connectivity index (χ1) is 21.0. The first-order valence-corrected chi connectivity index (χ1v) is 16.6. The molecule has 0 heterocycles. The Hall–Kier alpha value is -4.58. The maximum Gasteiger partial charge on any atom is 0.135 e. The van der Waals surface area contributed by atoms with E-state index in [1.54, 1.807) is 0 Å². The van der Waals surface area contributed by atoms with Crippen molar-refractivity contribution in [2.75, 3.05) is 0 Å². The highest BCUT2D eigenvalue weighted by atomic mass is 31.2. The molecule has 5 aromatic carbocycles. The lowest BCUT2D eigenvalue weighted by atomic mass is 10.2. The Bertz CT molecular complexity index is 1600. The molecule has 0 radical (unpaired) electrons. The highest BCUT2D eigenvalue weighted by Gasteiger charge is 2.28. The Balaban J connectivity index is 0.000000246. The van der Waals surface area contributed by atoms with Gasteiger partial charge in [-0.25, -0.2) is 0 Å². The highest BCUT2D eigenvalue weighted by molar-refractivity contribution is 7.90. The van der Waals surface area contributed by atoms with Crippen LogP contribution in [0.4, 0.5) is 0 Å². The van der Waals surface area contributed by atoms with E-state index >= 15 is 0 Å². The average Bonchev–Trinajstić information content (AvgIpc) is 3.30. The van der Waals surface area contributed by atoms with Crippen molar-refractivity contribution in [3.05, 3.63) is 198 Å². The second kappa shape index (κ2) is 16.2. The van der Waals surface area contributed by atoms with Crippen LogP contribution in [0.2, 0.25) is 0 Å². The standard InChI is InChI=1S/C27H25OP.2C7H8/c1-22-14-12-13-19-25(22)28-26-20-10-5-11-21-27(26)29(2,23-15-6-3-7-16-23)24-17-8-4-9-18-24;2*1-7-5-3-2-4-6-7/h3-10,12-21H,2,11H2,1H3;2*2-6H,1H3. The van der Waals surface area contributed by atoms with Gasteiger partial charge in [0.05, 0.1) is 0 Å². The largest absolute Gasteiger partial charge is 0.456 e. The van der Waals surface area contributed by atoms with Crippen molar-refractivity contribution in [1.82, 2.24) is 0 Å². The van der Waals surface area contributed by atoms with Crippen LogP contribution in [0.3, 0.4) is 0 Å². The summed E-state index contributed by atoms with van der Waals surface area (Å²) in [4.78, 5) is 0. The van der Waals surface area contributed by atoms with Gasteiger partial charge in [-0.1, -0.05) is 175 Å². The third-order valence-corrected chi connectivity index (χ3v) is 10.7.